The van der Waals surface area contributed by atoms with E-state index in [1.54, 1.807) is 0 Å². The van der Waals surface area contributed by atoms with Crippen molar-refractivity contribution in [3.05, 3.63) is 0 Å². The van der Waals surface area contributed by atoms with Crippen LogP contribution < -0.4 is 0 Å². The summed E-state index contributed by atoms with van der Waals surface area (Å²) in [5.74, 6) is -1.47. The van der Waals surface area contributed by atoms with Gasteiger partial charge in [-0.15, -0.1) is 0 Å². The Balaban J connectivity index is 2.02. The Labute approximate surface area is 133 Å². The van der Waals surface area contributed by atoms with E-state index in [4.69, 9.17) is 9.47 Å². The number of carbonyl (C=O) groups excluding carboxylic acids is 2. The van der Waals surface area contributed by atoms with Crippen molar-refractivity contribution >= 4 is 11.9 Å². The van der Waals surface area contributed by atoms with Crippen molar-refractivity contribution in [3.63, 3.8) is 0 Å². The van der Waals surface area contributed by atoms with Gasteiger partial charge >= 0.3 is 18.1 Å². The quantitative estimate of drug-likeness (QED) is 0.543. The summed E-state index contributed by atoms with van der Waals surface area (Å²) in [5.41, 5.74) is 0. The first-order valence-corrected chi connectivity index (χ1v) is 7.85. The predicted molar refractivity (Wildman–Crippen MR) is 74.4 cm³/mol. The maximum absolute atomic E-state index is 11.9. The molecule has 23 heavy (non-hydrogen) atoms. The molecule has 1 fully saturated rings. The predicted octanol–water partition coefficient (Wildman–Crippen LogP) is 2.75. The van der Waals surface area contributed by atoms with Gasteiger partial charge in [-0.1, -0.05) is 0 Å². The monoisotopic (exact) mass is 340 g/mol. The highest BCUT2D eigenvalue weighted by Crippen LogP contribution is 2.25. The summed E-state index contributed by atoms with van der Waals surface area (Å²) in [6.07, 6.45) is -2.54. The van der Waals surface area contributed by atoms with Crippen molar-refractivity contribution in [1.29, 1.82) is 0 Å². The van der Waals surface area contributed by atoms with Crippen LogP contribution in [0, 0.1) is 5.92 Å². The molecule has 0 unspecified atom stereocenters. The Bertz CT molecular complexity index is 376. The number of aliphatic hydroxyl groups excluding tert-OH is 1. The van der Waals surface area contributed by atoms with E-state index in [9.17, 15) is 27.9 Å². The molecular weight excluding hydrogens is 317 g/mol. The molecule has 0 aliphatic heterocycles. The minimum Gasteiger partial charge on any atom is -0.463 e. The van der Waals surface area contributed by atoms with Crippen molar-refractivity contribution in [2.75, 3.05) is 13.2 Å². The van der Waals surface area contributed by atoms with E-state index in [1.165, 1.54) is 0 Å². The minimum atomic E-state index is -4.15. The minimum absolute atomic E-state index is 0.00354. The molecule has 0 amide bonds. The number of unbranched alkanes of at least 4 members (excludes halogenated alkanes) is 2. The van der Waals surface area contributed by atoms with Gasteiger partial charge in [0.15, 0.2) is 6.61 Å². The largest absolute Gasteiger partial charge is 0.463 e. The first-order valence-electron chi connectivity index (χ1n) is 7.85. The van der Waals surface area contributed by atoms with Gasteiger partial charge in [0.25, 0.3) is 0 Å². The zero-order valence-corrected chi connectivity index (χ0v) is 12.9. The highest BCUT2D eigenvalue weighted by Gasteiger charge is 2.27. The summed E-state index contributed by atoms with van der Waals surface area (Å²) in [5, 5.41) is 9.34. The summed E-state index contributed by atoms with van der Waals surface area (Å²) < 4.78 is 45.3. The summed E-state index contributed by atoms with van der Waals surface area (Å²) in [4.78, 5) is 23.1. The van der Waals surface area contributed by atoms with E-state index in [2.05, 4.69) is 0 Å². The Morgan fingerprint density at radius 2 is 1.65 bits per heavy atom. The second-order valence-corrected chi connectivity index (χ2v) is 5.76. The first kappa shape index (κ1) is 19.7. The molecule has 1 aliphatic carbocycles. The third-order valence-corrected chi connectivity index (χ3v) is 3.73. The van der Waals surface area contributed by atoms with E-state index < -0.39 is 31.1 Å². The molecule has 0 bridgehead atoms. The third kappa shape index (κ3) is 9.43. The second kappa shape index (κ2) is 9.75. The maximum atomic E-state index is 11.9. The van der Waals surface area contributed by atoms with E-state index in [1.807, 2.05) is 0 Å². The second-order valence-electron chi connectivity index (χ2n) is 5.76. The molecule has 134 valence electrons. The molecule has 0 atom stereocenters. The van der Waals surface area contributed by atoms with Crippen LogP contribution in [0.25, 0.3) is 0 Å². The fraction of sp³-hybridized carbons (Fsp3) is 0.867. The number of ether oxygens (including phenoxy) is 2. The van der Waals surface area contributed by atoms with Crippen molar-refractivity contribution < 1.29 is 37.3 Å². The molecule has 1 N–H and O–H groups in total. The van der Waals surface area contributed by atoms with Gasteiger partial charge in [-0.2, -0.15) is 13.2 Å². The van der Waals surface area contributed by atoms with Gasteiger partial charge in [0.05, 0.1) is 18.6 Å². The van der Waals surface area contributed by atoms with Crippen molar-refractivity contribution in [2.24, 2.45) is 5.92 Å². The van der Waals surface area contributed by atoms with Crippen LogP contribution in [0.5, 0.6) is 0 Å². The van der Waals surface area contributed by atoms with Crippen molar-refractivity contribution in [2.45, 2.75) is 63.6 Å². The lowest BCUT2D eigenvalue weighted by Gasteiger charge is -2.23. The van der Waals surface area contributed by atoms with Gasteiger partial charge in [0, 0.05) is 6.42 Å². The van der Waals surface area contributed by atoms with Crippen LogP contribution in [0.1, 0.15) is 51.4 Å². The number of rotatable bonds is 8. The lowest BCUT2D eigenvalue weighted by Crippen LogP contribution is -2.27. The van der Waals surface area contributed by atoms with Gasteiger partial charge in [0.1, 0.15) is 0 Å². The fourth-order valence-electron chi connectivity index (χ4n) is 2.39. The third-order valence-electron chi connectivity index (χ3n) is 3.73. The SMILES string of the molecule is O=C(COC(=O)C1CCC(O)CC1)OCCCCCC(F)(F)F. The standard InChI is InChI=1S/C15H23F3O5/c16-15(17,18)8-2-1-3-9-22-13(20)10-23-14(21)11-4-6-12(19)7-5-11/h11-12,19H,1-10H2. The van der Waals surface area contributed by atoms with Crippen LogP contribution in [0.2, 0.25) is 0 Å². The smallest absolute Gasteiger partial charge is 0.389 e. The number of halogens is 3. The first-order chi connectivity index (χ1) is 10.8. The fourth-order valence-corrected chi connectivity index (χ4v) is 2.39. The summed E-state index contributed by atoms with van der Waals surface area (Å²) in [6, 6.07) is 0. The Kier molecular flexibility index (Phi) is 8.36. The van der Waals surface area contributed by atoms with E-state index in [-0.39, 0.29) is 25.0 Å². The molecule has 0 aromatic rings. The molecule has 8 heteroatoms. The molecule has 1 rings (SSSR count). The molecule has 0 saturated heterocycles. The average Bonchev–Trinajstić information content (AvgIpc) is 2.48. The molecule has 5 nitrogen and oxygen atoms in total. The lowest BCUT2D eigenvalue weighted by molar-refractivity contribution is -0.162. The zero-order chi connectivity index (χ0) is 17.3. The Morgan fingerprint density at radius 1 is 1.00 bits per heavy atom. The Morgan fingerprint density at radius 3 is 2.26 bits per heavy atom. The van der Waals surface area contributed by atoms with Gasteiger partial charge in [0.2, 0.25) is 0 Å². The molecular formula is C15H23F3O5. The molecule has 1 aliphatic rings. The van der Waals surface area contributed by atoms with Gasteiger partial charge in [-0.05, 0) is 44.9 Å². The van der Waals surface area contributed by atoms with E-state index in [0.29, 0.717) is 38.5 Å². The normalized spacial score (nSPS) is 21.7. The van der Waals surface area contributed by atoms with Gasteiger partial charge in [-0.3, -0.25) is 4.79 Å². The van der Waals surface area contributed by atoms with E-state index in [0.717, 1.165) is 0 Å². The number of carbonyl (C=O) groups is 2. The van der Waals surface area contributed by atoms with Gasteiger partial charge in [-0.25, -0.2) is 4.79 Å². The van der Waals surface area contributed by atoms with Crippen molar-refractivity contribution in [3.8, 4) is 0 Å². The molecule has 0 heterocycles. The highest BCUT2D eigenvalue weighted by molar-refractivity contribution is 5.77. The number of hydrogen-bond donors (Lipinski definition) is 1. The van der Waals surface area contributed by atoms with Crippen LogP contribution in [0.4, 0.5) is 13.2 Å². The molecule has 1 saturated carbocycles. The zero-order valence-electron chi connectivity index (χ0n) is 12.9. The van der Waals surface area contributed by atoms with Crippen molar-refractivity contribution in [1.82, 2.24) is 0 Å². The highest BCUT2D eigenvalue weighted by atomic mass is 19.4. The average molecular weight is 340 g/mol. The topological polar surface area (TPSA) is 72.8 Å². The number of aliphatic hydroxyl groups is 1. The maximum Gasteiger partial charge on any atom is 0.389 e. The van der Waals surface area contributed by atoms with Crippen LogP contribution in [-0.2, 0) is 19.1 Å². The van der Waals surface area contributed by atoms with E-state index >= 15 is 0 Å². The summed E-state index contributed by atoms with van der Waals surface area (Å²) >= 11 is 0. The van der Waals surface area contributed by atoms with Crippen LogP contribution in [0.15, 0.2) is 0 Å². The summed E-state index contributed by atoms with van der Waals surface area (Å²) in [6.45, 7) is -0.468. The Hall–Kier alpha value is -1.31. The molecule has 0 aromatic carbocycles. The molecule has 0 aromatic heterocycles. The summed E-state index contributed by atoms with van der Waals surface area (Å²) in [7, 11) is 0. The van der Waals surface area contributed by atoms with Gasteiger partial charge < -0.3 is 14.6 Å². The lowest BCUT2D eigenvalue weighted by atomic mass is 9.88. The number of hydrogen-bond acceptors (Lipinski definition) is 5. The number of alkyl halides is 3. The van der Waals surface area contributed by atoms with Crippen LogP contribution in [0.3, 0.4) is 0 Å². The molecule has 0 radical (unpaired) electrons. The van der Waals surface area contributed by atoms with Crippen LogP contribution in [-0.4, -0.2) is 42.5 Å². The van der Waals surface area contributed by atoms with Crippen LogP contribution >= 0.6 is 0 Å². The number of esters is 2. The molecule has 0 spiro atoms.